The van der Waals surface area contributed by atoms with E-state index in [1.54, 1.807) is 0 Å². The van der Waals surface area contributed by atoms with Crippen LogP contribution in [0.25, 0.3) is 0 Å². The van der Waals surface area contributed by atoms with Crippen molar-refractivity contribution in [1.82, 2.24) is 0 Å². The standard InChI is InChI=1S/C7H10O6/c8-3-1-7(13,6(11)12)2-4(9)5(3)10/h3,5,8,10,13H,1-2H2,(H,11,12)/t3-,5-,7+/m1/s1. The molecule has 1 saturated carbocycles. The Balaban J connectivity index is 2.85. The number of hydrogen-bond acceptors (Lipinski definition) is 5. The number of hydrogen-bond donors (Lipinski definition) is 4. The van der Waals surface area contributed by atoms with E-state index in [0.717, 1.165) is 0 Å². The zero-order valence-electron chi connectivity index (χ0n) is 6.67. The van der Waals surface area contributed by atoms with Gasteiger partial charge in [-0.05, 0) is 0 Å². The van der Waals surface area contributed by atoms with E-state index >= 15 is 0 Å². The molecule has 0 aromatic rings. The van der Waals surface area contributed by atoms with Crippen LogP contribution in [0.1, 0.15) is 12.8 Å². The van der Waals surface area contributed by atoms with Crippen LogP contribution in [0, 0.1) is 0 Å². The zero-order chi connectivity index (χ0) is 10.2. The number of carbonyl (C=O) groups excluding carboxylic acids is 1. The van der Waals surface area contributed by atoms with Gasteiger partial charge in [-0.3, -0.25) is 4.79 Å². The topological polar surface area (TPSA) is 115 Å². The summed E-state index contributed by atoms with van der Waals surface area (Å²) in [5, 5.41) is 35.8. The Morgan fingerprint density at radius 3 is 2.38 bits per heavy atom. The molecule has 0 bridgehead atoms. The summed E-state index contributed by atoms with van der Waals surface area (Å²) in [4.78, 5) is 21.4. The summed E-state index contributed by atoms with van der Waals surface area (Å²) in [6, 6.07) is 0. The van der Waals surface area contributed by atoms with Crippen LogP contribution in [0.2, 0.25) is 0 Å². The maximum Gasteiger partial charge on any atom is 0.336 e. The summed E-state index contributed by atoms with van der Waals surface area (Å²) < 4.78 is 0. The highest BCUT2D eigenvalue weighted by molar-refractivity contribution is 5.92. The molecule has 0 heterocycles. The smallest absolute Gasteiger partial charge is 0.336 e. The number of Topliss-reactive ketones (excluding diaryl/α,β-unsaturated/α-hetero) is 1. The van der Waals surface area contributed by atoms with Crippen molar-refractivity contribution in [3.63, 3.8) is 0 Å². The Hall–Kier alpha value is -0.980. The predicted octanol–water partition coefficient (Wildman–Crippen LogP) is -2.11. The van der Waals surface area contributed by atoms with Crippen molar-refractivity contribution in [3.05, 3.63) is 0 Å². The Labute approximate surface area is 73.4 Å². The number of aliphatic hydroxyl groups excluding tert-OH is 2. The molecular formula is C7H10O6. The van der Waals surface area contributed by atoms with E-state index in [4.69, 9.17) is 15.3 Å². The van der Waals surface area contributed by atoms with Crippen molar-refractivity contribution in [2.45, 2.75) is 30.7 Å². The largest absolute Gasteiger partial charge is 0.479 e. The Kier molecular flexibility index (Phi) is 2.38. The third kappa shape index (κ3) is 1.69. The number of ketones is 1. The minimum atomic E-state index is -2.24. The average Bonchev–Trinajstić information content (AvgIpc) is 2.00. The molecule has 0 spiro atoms. The van der Waals surface area contributed by atoms with Gasteiger partial charge in [0.1, 0.15) is 6.10 Å². The van der Waals surface area contributed by atoms with Crippen LogP contribution < -0.4 is 0 Å². The highest BCUT2D eigenvalue weighted by Crippen LogP contribution is 2.26. The molecule has 0 unspecified atom stereocenters. The minimum Gasteiger partial charge on any atom is -0.479 e. The third-order valence-electron chi connectivity index (χ3n) is 2.11. The molecule has 4 N–H and O–H groups in total. The second kappa shape index (κ2) is 3.06. The quantitative estimate of drug-likeness (QED) is 0.376. The highest BCUT2D eigenvalue weighted by atomic mass is 16.4. The molecule has 13 heavy (non-hydrogen) atoms. The summed E-state index contributed by atoms with van der Waals surface area (Å²) >= 11 is 0. The third-order valence-corrected chi connectivity index (χ3v) is 2.11. The summed E-state index contributed by atoms with van der Waals surface area (Å²) in [5.74, 6) is -2.42. The minimum absolute atomic E-state index is 0.532. The fourth-order valence-corrected chi connectivity index (χ4v) is 1.30. The maximum atomic E-state index is 10.9. The molecule has 6 heteroatoms. The number of rotatable bonds is 1. The molecule has 1 aliphatic rings. The number of aliphatic hydroxyl groups is 3. The second-order valence-electron chi connectivity index (χ2n) is 3.20. The Morgan fingerprint density at radius 1 is 1.46 bits per heavy atom. The molecule has 0 aliphatic heterocycles. The summed E-state index contributed by atoms with van der Waals surface area (Å²) in [6.07, 6.45) is -4.29. The number of carbonyl (C=O) groups is 2. The van der Waals surface area contributed by atoms with Gasteiger partial charge in [0.15, 0.2) is 11.4 Å². The van der Waals surface area contributed by atoms with Gasteiger partial charge >= 0.3 is 5.97 Å². The summed E-state index contributed by atoms with van der Waals surface area (Å²) in [6.45, 7) is 0. The SMILES string of the molecule is O=C1C[C@](O)(C(=O)O)C[C@@H](O)[C@H]1O. The molecule has 6 nitrogen and oxygen atoms in total. The zero-order valence-corrected chi connectivity index (χ0v) is 6.67. The van der Waals surface area contributed by atoms with Crippen LogP contribution >= 0.6 is 0 Å². The molecular weight excluding hydrogens is 180 g/mol. The van der Waals surface area contributed by atoms with Gasteiger partial charge in [0.2, 0.25) is 0 Å². The number of carboxylic acids is 1. The molecule has 74 valence electrons. The lowest BCUT2D eigenvalue weighted by atomic mass is 9.81. The van der Waals surface area contributed by atoms with Gasteiger partial charge in [-0.1, -0.05) is 0 Å². The lowest BCUT2D eigenvalue weighted by molar-refractivity contribution is -0.176. The lowest BCUT2D eigenvalue weighted by Gasteiger charge is -2.32. The predicted molar refractivity (Wildman–Crippen MR) is 38.8 cm³/mol. The second-order valence-corrected chi connectivity index (χ2v) is 3.20. The first-order valence-electron chi connectivity index (χ1n) is 3.71. The fourth-order valence-electron chi connectivity index (χ4n) is 1.30. The van der Waals surface area contributed by atoms with Crippen molar-refractivity contribution in [1.29, 1.82) is 0 Å². The van der Waals surface area contributed by atoms with Gasteiger partial charge in [-0.2, -0.15) is 0 Å². The normalized spacial score (nSPS) is 40.4. The van der Waals surface area contributed by atoms with Crippen molar-refractivity contribution in [2.75, 3.05) is 0 Å². The van der Waals surface area contributed by atoms with Gasteiger partial charge in [0.05, 0.1) is 6.10 Å². The van der Waals surface area contributed by atoms with E-state index in [2.05, 4.69) is 0 Å². The van der Waals surface area contributed by atoms with E-state index in [9.17, 15) is 14.7 Å². The van der Waals surface area contributed by atoms with Crippen LogP contribution in [0.3, 0.4) is 0 Å². The molecule has 0 aromatic carbocycles. The first-order valence-corrected chi connectivity index (χ1v) is 3.71. The van der Waals surface area contributed by atoms with Crippen molar-refractivity contribution < 1.29 is 30.0 Å². The first-order chi connectivity index (χ1) is 5.87. The molecule has 3 atom stereocenters. The van der Waals surface area contributed by atoms with E-state index < -0.39 is 42.4 Å². The van der Waals surface area contributed by atoms with Crippen molar-refractivity contribution in [3.8, 4) is 0 Å². The first kappa shape index (κ1) is 10.1. The summed E-state index contributed by atoms with van der Waals surface area (Å²) in [7, 11) is 0. The van der Waals surface area contributed by atoms with Crippen LogP contribution in [0.15, 0.2) is 0 Å². The number of carboxylic acid groups (broad SMARTS) is 1. The fraction of sp³-hybridized carbons (Fsp3) is 0.714. The van der Waals surface area contributed by atoms with E-state index in [0.29, 0.717) is 0 Å². The van der Waals surface area contributed by atoms with E-state index in [1.807, 2.05) is 0 Å². The molecule has 1 rings (SSSR count). The molecule has 0 amide bonds. The van der Waals surface area contributed by atoms with Crippen LogP contribution in [-0.2, 0) is 9.59 Å². The van der Waals surface area contributed by atoms with Gasteiger partial charge in [0.25, 0.3) is 0 Å². The lowest BCUT2D eigenvalue weighted by Crippen LogP contribution is -2.54. The highest BCUT2D eigenvalue weighted by Gasteiger charge is 2.48. The Bertz CT molecular complexity index is 249. The maximum absolute atomic E-state index is 10.9. The van der Waals surface area contributed by atoms with E-state index in [-0.39, 0.29) is 0 Å². The van der Waals surface area contributed by atoms with Crippen molar-refractivity contribution >= 4 is 11.8 Å². The molecule has 1 fully saturated rings. The molecule has 0 aromatic heterocycles. The van der Waals surface area contributed by atoms with Gasteiger partial charge in [-0.25, -0.2) is 4.79 Å². The summed E-state index contributed by atoms with van der Waals surface area (Å²) in [5.41, 5.74) is -2.24. The monoisotopic (exact) mass is 190 g/mol. The Morgan fingerprint density at radius 2 is 2.00 bits per heavy atom. The van der Waals surface area contributed by atoms with Crippen LogP contribution in [-0.4, -0.2) is 50.0 Å². The van der Waals surface area contributed by atoms with Crippen LogP contribution in [0.4, 0.5) is 0 Å². The van der Waals surface area contributed by atoms with Gasteiger partial charge < -0.3 is 20.4 Å². The molecule has 0 radical (unpaired) electrons. The van der Waals surface area contributed by atoms with Gasteiger partial charge in [-0.15, -0.1) is 0 Å². The van der Waals surface area contributed by atoms with Gasteiger partial charge in [0, 0.05) is 12.8 Å². The van der Waals surface area contributed by atoms with Crippen LogP contribution in [0.5, 0.6) is 0 Å². The number of aliphatic carboxylic acids is 1. The molecule has 0 saturated heterocycles. The van der Waals surface area contributed by atoms with Crippen molar-refractivity contribution in [2.24, 2.45) is 0 Å². The van der Waals surface area contributed by atoms with E-state index in [1.165, 1.54) is 0 Å². The average molecular weight is 190 g/mol. The molecule has 1 aliphatic carbocycles.